The van der Waals surface area contributed by atoms with Crippen LogP contribution in [0.2, 0.25) is 0 Å². The first-order chi connectivity index (χ1) is 16.0. The number of aromatic nitrogens is 2. The third-order valence-electron chi connectivity index (χ3n) is 4.61. The second-order valence-corrected chi connectivity index (χ2v) is 8.00. The number of rotatable bonds is 7. The Kier molecular flexibility index (Phi) is 6.80. The molecule has 0 saturated carbocycles. The quantitative estimate of drug-likeness (QED) is 0.368. The van der Waals surface area contributed by atoms with E-state index in [1.165, 1.54) is 12.1 Å². The summed E-state index contributed by atoms with van der Waals surface area (Å²) in [5.74, 6) is -0.714. The normalized spacial score (nSPS) is 10.6. The predicted molar refractivity (Wildman–Crippen MR) is 125 cm³/mol. The molecule has 166 valence electrons. The van der Waals surface area contributed by atoms with Gasteiger partial charge in [0.15, 0.2) is 0 Å². The summed E-state index contributed by atoms with van der Waals surface area (Å²) in [5, 5.41) is 13.6. The van der Waals surface area contributed by atoms with Gasteiger partial charge in [0.2, 0.25) is 11.8 Å². The molecule has 2 N–H and O–H groups in total. The molecule has 1 aromatic heterocycles. The maximum atomic E-state index is 13.4. The molecule has 7 nitrogen and oxygen atoms in total. The maximum absolute atomic E-state index is 13.4. The Balaban J connectivity index is 1.35. The van der Waals surface area contributed by atoms with Crippen LogP contribution in [0.4, 0.5) is 15.8 Å². The second-order valence-electron chi connectivity index (χ2n) is 7.07. The molecule has 0 radical (unpaired) electrons. The Labute approximate surface area is 193 Å². The SMILES string of the molecule is Cc1ccc(NC(=O)CSc2nnc(-c3cccc(F)c3)o2)cc1NC(=O)c1ccccc1. The number of aryl methyl sites for hydroxylation is 1. The number of nitrogens with one attached hydrogen (secondary N) is 2. The van der Waals surface area contributed by atoms with Gasteiger partial charge in [-0.3, -0.25) is 9.59 Å². The highest BCUT2D eigenvalue weighted by atomic mass is 32.2. The number of benzene rings is 3. The zero-order valence-corrected chi connectivity index (χ0v) is 18.4. The fourth-order valence-corrected chi connectivity index (χ4v) is 3.51. The number of carbonyl (C=O) groups excluding carboxylic acids is 2. The van der Waals surface area contributed by atoms with Crippen molar-refractivity contribution >= 4 is 35.0 Å². The monoisotopic (exact) mass is 462 g/mol. The molecule has 0 saturated heterocycles. The first kappa shape index (κ1) is 22.2. The average molecular weight is 463 g/mol. The lowest BCUT2D eigenvalue weighted by Crippen LogP contribution is -2.15. The minimum atomic E-state index is -0.406. The largest absolute Gasteiger partial charge is 0.411 e. The highest BCUT2D eigenvalue weighted by Gasteiger charge is 2.13. The van der Waals surface area contributed by atoms with Gasteiger partial charge in [0.05, 0.1) is 5.75 Å². The fraction of sp³-hybridized carbons (Fsp3) is 0.0833. The summed E-state index contributed by atoms with van der Waals surface area (Å²) in [5.41, 5.74) is 3.01. The molecule has 0 aliphatic carbocycles. The van der Waals surface area contributed by atoms with Crippen LogP contribution in [0.5, 0.6) is 0 Å². The van der Waals surface area contributed by atoms with Crippen LogP contribution in [0.3, 0.4) is 0 Å². The van der Waals surface area contributed by atoms with Crippen LogP contribution in [-0.4, -0.2) is 27.8 Å². The lowest BCUT2D eigenvalue weighted by atomic mass is 10.1. The molecule has 3 aromatic carbocycles. The lowest BCUT2D eigenvalue weighted by Gasteiger charge is -2.11. The lowest BCUT2D eigenvalue weighted by molar-refractivity contribution is -0.113. The van der Waals surface area contributed by atoms with Crippen LogP contribution in [0.15, 0.2) is 82.4 Å². The van der Waals surface area contributed by atoms with Gasteiger partial charge in [0.1, 0.15) is 5.82 Å². The Bertz CT molecular complexity index is 1290. The number of nitrogens with zero attached hydrogens (tertiary/aromatic N) is 2. The molecular weight excluding hydrogens is 443 g/mol. The van der Waals surface area contributed by atoms with Crippen molar-refractivity contribution in [1.82, 2.24) is 10.2 Å². The van der Waals surface area contributed by atoms with Crippen LogP contribution >= 0.6 is 11.8 Å². The van der Waals surface area contributed by atoms with E-state index in [1.54, 1.807) is 48.5 Å². The van der Waals surface area contributed by atoms with Gasteiger partial charge in [0.25, 0.3) is 11.1 Å². The van der Waals surface area contributed by atoms with Crippen molar-refractivity contribution in [3.8, 4) is 11.5 Å². The number of hydrogen-bond acceptors (Lipinski definition) is 6. The van der Waals surface area contributed by atoms with E-state index in [4.69, 9.17) is 4.42 Å². The fourth-order valence-electron chi connectivity index (χ4n) is 2.95. The van der Waals surface area contributed by atoms with Crippen molar-refractivity contribution in [3.05, 3.63) is 89.7 Å². The van der Waals surface area contributed by atoms with Crippen molar-refractivity contribution in [2.45, 2.75) is 12.1 Å². The van der Waals surface area contributed by atoms with Crippen molar-refractivity contribution in [1.29, 1.82) is 0 Å². The van der Waals surface area contributed by atoms with E-state index in [-0.39, 0.29) is 28.7 Å². The summed E-state index contributed by atoms with van der Waals surface area (Å²) in [6.07, 6.45) is 0. The number of carbonyl (C=O) groups is 2. The third-order valence-corrected chi connectivity index (χ3v) is 5.43. The molecule has 4 aromatic rings. The highest BCUT2D eigenvalue weighted by molar-refractivity contribution is 7.99. The zero-order valence-electron chi connectivity index (χ0n) is 17.5. The smallest absolute Gasteiger partial charge is 0.277 e. The second kappa shape index (κ2) is 10.1. The van der Waals surface area contributed by atoms with Crippen LogP contribution in [0, 0.1) is 12.7 Å². The molecule has 33 heavy (non-hydrogen) atoms. The minimum Gasteiger partial charge on any atom is -0.411 e. The number of thioether (sulfide) groups is 1. The van der Waals surface area contributed by atoms with Crippen molar-refractivity contribution in [3.63, 3.8) is 0 Å². The zero-order chi connectivity index (χ0) is 23.2. The number of anilines is 2. The van der Waals surface area contributed by atoms with Crippen LogP contribution < -0.4 is 10.6 Å². The molecule has 0 aliphatic rings. The van der Waals surface area contributed by atoms with E-state index < -0.39 is 5.82 Å². The third kappa shape index (κ3) is 5.83. The van der Waals surface area contributed by atoms with Gasteiger partial charge in [-0.15, -0.1) is 10.2 Å². The van der Waals surface area contributed by atoms with E-state index in [2.05, 4.69) is 20.8 Å². The first-order valence-corrected chi connectivity index (χ1v) is 11.0. The van der Waals surface area contributed by atoms with E-state index in [0.717, 1.165) is 17.3 Å². The summed E-state index contributed by atoms with van der Waals surface area (Å²) >= 11 is 1.07. The van der Waals surface area contributed by atoms with E-state index in [1.807, 2.05) is 19.1 Å². The van der Waals surface area contributed by atoms with Gasteiger partial charge in [-0.2, -0.15) is 0 Å². The minimum absolute atomic E-state index is 0.0321. The van der Waals surface area contributed by atoms with Gasteiger partial charge in [-0.05, 0) is 55.0 Å². The van der Waals surface area contributed by atoms with Crippen molar-refractivity contribution in [2.75, 3.05) is 16.4 Å². The molecule has 0 fully saturated rings. The number of amides is 2. The van der Waals surface area contributed by atoms with E-state index >= 15 is 0 Å². The summed E-state index contributed by atoms with van der Waals surface area (Å²) < 4.78 is 18.9. The topological polar surface area (TPSA) is 97.1 Å². The molecule has 9 heteroatoms. The van der Waals surface area contributed by atoms with Gasteiger partial charge in [0, 0.05) is 22.5 Å². The first-order valence-electron chi connectivity index (χ1n) is 9.97. The Morgan fingerprint density at radius 1 is 0.970 bits per heavy atom. The molecule has 2 amide bonds. The average Bonchev–Trinajstić information content (AvgIpc) is 3.30. The summed E-state index contributed by atoms with van der Waals surface area (Å²) in [6.45, 7) is 1.87. The predicted octanol–water partition coefficient (Wildman–Crippen LogP) is 5.17. The molecule has 4 rings (SSSR count). The number of halogens is 1. The van der Waals surface area contributed by atoms with Crippen LogP contribution in [0.1, 0.15) is 15.9 Å². The molecule has 0 atom stereocenters. The summed E-state index contributed by atoms with van der Waals surface area (Å²) in [6, 6.07) is 20.0. The van der Waals surface area contributed by atoms with E-state index in [0.29, 0.717) is 22.5 Å². The maximum Gasteiger partial charge on any atom is 0.277 e. The summed E-state index contributed by atoms with van der Waals surface area (Å²) in [4.78, 5) is 24.8. The van der Waals surface area contributed by atoms with Crippen molar-refractivity contribution < 1.29 is 18.4 Å². The van der Waals surface area contributed by atoms with Gasteiger partial charge in [-0.25, -0.2) is 4.39 Å². The van der Waals surface area contributed by atoms with Crippen LogP contribution in [-0.2, 0) is 4.79 Å². The van der Waals surface area contributed by atoms with Crippen molar-refractivity contribution in [2.24, 2.45) is 0 Å². The molecule has 0 aliphatic heterocycles. The number of hydrogen-bond donors (Lipinski definition) is 2. The molecule has 1 heterocycles. The highest BCUT2D eigenvalue weighted by Crippen LogP contribution is 2.25. The van der Waals surface area contributed by atoms with Gasteiger partial charge < -0.3 is 15.1 Å². The Hall–Kier alpha value is -3.98. The molecule has 0 unspecified atom stereocenters. The van der Waals surface area contributed by atoms with E-state index in [9.17, 15) is 14.0 Å². The van der Waals surface area contributed by atoms with Gasteiger partial charge in [-0.1, -0.05) is 42.1 Å². The standard InChI is InChI=1S/C24H19FN4O3S/c1-15-10-11-19(13-20(15)27-22(31)16-6-3-2-4-7-16)26-21(30)14-33-24-29-28-23(32-24)17-8-5-9-18(25)12-17/h2-13H,14H2,1H3,(H,26,30)(H,27,31). The Morgan fingerprint density at radius 2 is 1.79 bits per heavy atom. The van der Waals surface area contributed by atoms with Gasteiger partial charge >= 0.3 is 0 Å². The summed E-state index contributed by atoms with van der Waals surface area (Å²) in [7, 11) is 0. The van der Waals surface area contributed by atoms with Crippen LogP contribution in [0.25, 0.3) is 11.5 Å². The Morgan fingerprint density at radius 3 is 2.58 bits per heavy atom. The molecule has 0 spiro atoms. The molecular formula is C24H19FN4O3S. The molecule has 0 bridgehead atoms.